The minimum absolute atomic E-state index is 0.640. The molecule has 1 heterocycles. The molecule has 76 valence electrons. The third kappa shape index (κ3) is 2.15. The maximum absolute atomic E-state index is 10.6. The Bertz CT molecular complexity index is 455. The molecule has 1 aromatic heterocycles. The Morgan fingerprint density at radius 3 is 2.60 bits per heavy atom. The van der Waals surface area contributed by atoms with E-state index in [0.29, 0.717) is 11.3 Å². The van der Waals surface area contributed by atoms with Crippen LogP contribution < -0.4 is 0 Å². The Morgan fingerprint density at radius 1 is 1.27 bits per heavy atom. The van der Waals surface area contributed by atoms with Crippen LogP contribution in [0, 0.1) is 6.92 Å². The summed E-state index contributed by atoms with van der Waals surface area (Å²) < 4.78 is 5.48. The first-order valence-electron chi connectivity index (χ1n) is 4.88. The number of carbonyl (C=O) groups is 1. The first-order chi connectivity index (χ1) is 7.29. The average molecular weight is 200 g/mol. The quantitative estimate of drug-likeness (QED) is 0.713. The van der Waals surface area contributed by atoms with Gasteiger partial charge in [0, 0.05) is 6.42 Å². The van der Waals surface area contributed by atoms with E-state index in [2.05, 4.69) is 0 Å². The molecule has 0 bridgehead atoms. The number of furan rings is 1. The molecule has 0 spiro atoms. The van der Waals surface area contributed by atoms with Crippen molar-refractivity contribution in [2.45, 2.75) is 13.3 Å². The summed E-state index contributed by atoms with van der Waals surface area (Å²) in [4.78, 5) is 10.6. The summed E-state index contributed by atoms with van der Waals surface area (Å²) in [6.45, 7) is 1.80. The molecular weight excluding hydrogens is 188 g/mol. The SMILES string of the molecule is Cc1oc(Cc2ccccc2)cc1C=O. The molecule has 0 saturated heterocycles. The first kappa shape index (κ1) is 9.71. The van der Waals surface area contributed by atoms with Gasteiger partial charge in [0.05, 0.1) is 5.56 Å². The lowest BCUT2D eigenvalue weighted by atomic mass is 10.1. The Hall–Kier alpha value is -1.83. The third-order valence-corrected chi connectivity index (χ3v) is 2.36. The molecule has 0 N–H and O–H groups in total. The highest BCUT2D eigenvalue weighted by atomic mass is 16.3. The normalized spacial score (nSPS) is 10.2. The minimum Gasteiger partial charge on any atom is -0.465 e. The van der Waals surface area contributed by atoms with E-state index in [1.54, 1.807) is 13.0 Å². The van der Waals surface area contributed by atoms with Gasteiger partial charge in [0.25, 0.3) is 0 Å². The molecule has 0 fully saturated rings. The molecule has 0 saturated carbocycles. The van der Waals surface area contributed by atoms with Crippen LogP contribution in [-0.2, 0) is 6.42 Å². The van der Waals surface area contributed by atoms with Crippen molar-refractivity contribution in [3.05, 3.63) is 59.0 Å². The van der Waals surface area contributed by atoms with Crippen molar-refractivity contribution < 1.29 is 9.21 Å². The van der Waals surface area contributed by atoms with Crippen molar-refractivity contribution in [2.24, 2.45) is 0 Å². The molecule has 1 aromatic carbocycles. The van der Waals surface area contributed by atoms with Gasteiger partial charge >= 0.3 is 0 Å². The van der Waals surface area contributed by atoms with Crippen LogP contribution in [0.3, 0.4) is 0 Å². The van der Waals surface area contributed by atoms with Crippen molar-refractivity contribution in [2.75, 3.05) is 0 Å². The maximum Gasteiger partial charge on any atom is 0.153 e. The van der Waals surface area contributed by atoms with Crippen LogP contribution in [-0.4, -0.2) is 6.29 Å². The standard InChI is InChI=1S/C13H12O2/c1-10-12(9-14)8-13(15-10)7-11-5-3-2-4-6-11/h2-6,8-9H,7H2,1H3. The van der Waals surface area contributed by atoms with Crippen LogP contribution in [0.4, 0.5) is 0 Å². The Labute approximate surface area is 88.5 Å². The maximum atomic E-state index is 10.6. The van der Waals surface area contributed by atoms with Crippen LogP contribution in [0.1, 0.15) is 27.4 Å². The van der Waals surface area contributed by atoms with Gasteiger partial charge in [-0.2, -0.15) is 0 Å². The van der Waals surface area contributed by atoms with Crippen LogP contribution >= 0.6 is 0 Å². The van der Waals surface area contributed by atoms with Gasteiger partial charge in [-0.3, -0.25) is 4.79 Å². The fourth-order valence-corrected chi connectivity index (χ4v) is 1.56. The highest BCUT2D eigenvalue weighted by Gasteiger charge is 2.06. The summed E-state index contributed by atoms with van der Waals surface area (Å²) in [6.07, 6.45) is 1.56. The lowest BCUT2D eigenvalue weighted by Gasteiger charge is -1.96. The number of aryl methyl sites for hydroxylation is 1. The van der Waals surface area contributed by atoms with Crippen molar-refractivity contribution in [3.8, 4) is 0 Å². The number of hydrogen-bond donors (Lipinski definition) is 0. The smallest absolute Gasteiger partial charge is 0.153 e. The second kappa shape index (κ2) is 4.13. The summed E-state index contributed by atoms with van der Waals surface area (Å²) in [7, 11) is 0. The van der Waals surface area contributed by atoms with E-state index in [1.807, 2.05) is 30.3 Å². The van der Waals surface area contributed by atoms with E-state index in [9.17, 15) is 4.79 Å². The lowest BCUT2D eigenvalue weighted by Crippen LogP contribution is -1.83. The summed E-state index contributed by atoms with van der Waals surface area (Å²) in [5.41, 5.74) is 1.82. The van der Waals surface area contributed by atoms with E-state index >= 15 is 0 Å². The molecule has 0 unspecified atom stereocenters. The summed E-state index contributed by atoms with van der Waals surface area (Å²) in [5, 5.41) is 0. The van der Waals surface area contributed by atoms with E-state index in [4.69, 9.17) is 4.42 Å². The number of hydrogen-bond acceptors (Lipinski definition) is 2. The van der Waals surface area contributed by atoms with Gasteiger partial charge in [-0.25, -0.2) is 0 Å². The van der Waals surface area contributed by atoms with Gasteiger partial charge < -0.3 is 4.42 Å². The zero-order valence-corrected chi connectivity index (χ0v) is 8.57. The molecule has 0 aliphatic carbocycles. The van der Waals surface area contributed by atoms with Crippen LogP contribution in [0.5, 0.6) is 0 Å². The van der Waals surface area contributed by atoms with Gasteiger partial charge in [0.1, 0.15) is 11.5 Å². The van der Waals surface area contributed by atoms with E-state index in [-0.39, 0.29) is 0 Å². The van der Waals surface area contributed by atoms with E-state index < -0.39 is 0 Å². The van der Waals surface area contributed by atoms with Gasteiger partial charge in [0.2, 0.25) is 0 Å². The first-order valence-corrected chi connectivity index (χ1v) is 4.88. The number of rotatable bonds is 3. The number of aldehydes is 1. The predicted octanol–water partition coefficient (Wildman–Crippen LogP) is 2.99. The lowest BCUT2D eigenvalue weighted by molar-refractivity contribution is 0.112. The van der Waals surface area contributed by atoms with Crippen molar-refractivity contribution in [1.82, 2.24) is 0 Å². The average Bonchev–Trinajstić information content (AvgIpc) is 2.60. The fraction of sp³-hybridized carbons (Fsp3) is 0.154. The highest BCUT2D eigenvalue weighted by molar-refractivity contribution is 5.76. The van der Waals surface area contributed by atoms with Crippen molar-refractivity contribution in [1.29, 1.82) is 0 Å². The topological polar surface area (TPSA) is 30.2 Å². The zero-order valence-electron chi connectivity index (χ0n) is 8.57. The largest absolute Gasteiger partial charge is 0.465 e. The molecule has 0 amide bonds. The van der Waals surface area contributed by atoms with Gasteiger partial charge in [-0.15, -0.1) is 0 Å². The second-order valence-electron chi connectivity index (χ2n) is 3.50. The molecule has 0 aliphatic heterocycles. The summed E-state index contributed by atoms with van der Waals surface area (Å²) in [5.74, 6) is 1.52. The van der Waals surface area contributed by atoms with Crippen LogP contribution in [0.15, 0.2) is 40.8 Å². The molecule has 0 atom stereocenters. The van der Waals surface area contributed by atoms with Crippen molar-refractivity contribution in [3.63, 3.8) is 0 Å². The Balaban J connectivity index is 2.21. The van der Waals surface area contributed by atoms with E-state index in [0.717, 1.165) is 18.5 Å². The van der Waals surface area contributed by atoms with Crippen molar-refractivity contribution >= 4 is 6.29 Å². The molecule has 0 radical (unpaired) electrons. The number of carbonyl (C=O) groups excluding carboxylic acids is 1. The van der Waals surface area contributed by atoms with Gasteiger partial charge in [-0.05, 0) is 18.6 Å². The minimum atomic E-state index is 0.640. The summed E-state index contributed by atoms with van der Waals surface area (Å²) in [6, 6.07) is 11.8. The van der Waals surface area contributed by atoms with Gasteiger partial charge in [0.15, 0.2) is 6.29 Å². The van der Waals surface area contributed by atoms with E-state index in [1.165, 1.54) is 5.56 Å². The molecule has 2 rings (SSSR count). The highest BCUT2D eigenvalue weighted by Crippen LogP contribution is 2.16. The fourth-order valence-electron chi connectivity index (χ4n) is 1.56. The summed E-state index contributed by atoms with van der Waals surface area (Å²) >= 11 is 0. The zero-order chi connectivity index (χ0) is 10.7. The van der Waals surface area contributed by atoms with Gasteiger partial charge in [-0.1, -0.05) is 30.3 Å². The van der Waals surface area contributed by atoms with Crippen LogP contribution in [0.2, 0.25) is 0 Å². The Kier molecular flexibility index (Phi) is 2.68. The molecule has 0 aliphatic rings. The molecule has 15 heavy (non-hydrogen) atoms. The Morgan fingerprint density at radius 2 is 2.00 bits per heavy atom. The molecular formula is C13H12O2. The second-order valence-corrected chi connectivity index (χ2v) is 3.50. The molecule has 2 nitrogen and oxygen atoms in total. The monoisotopic (exact) mass is 200 g/mol. The molecule has 2 heteroatoms. The predicted molar refractivity (Wildman–Crippen MR) is 58.1 cm³/mol. The molecule has 2 aromatic rings. The van der Waals surface area contributed by atoms with Crippen LogP contribution in [0.25, 0.3) is 0 Å². The number of benzene rings is 1. The third-order valence-electron chi connectivity index (χ3n) is 2.36.